The Morgan fingerprint density at radius 1 is 0.569 bits per heavy atom. The number of benzene rings is 1. The highest BCUT2D eigenvalue weighted by molar-refractivity contribution is 5.70. The van der Waals surface area contributed by atoms with Gasteiger partial charge >= 0.3 is 11.9 Å². The van der Waals surface area contributed by atoms with Crippen molar-refractivity contribution in [2.45, 2.75) is 193 Å². The van der Waals surface area contributed by atoms with Gasteiger partial charge in [0.25, 0.3) is 0 Å². The van der Waals surface area contributed by atoms with Crippen LogP contribution in [0.1, 0.15) is 186 Å². The number of allylic oxidation sites excluding steroid dienone is 4. The smallest absolute Gasteiger partial charge is 0.306 e. The summed E-state index contributed by atoms with van der Waals surface area (Å²) in [7, 11) is 1.64. The van der Waals surface area contributed by atoms with Gasteiger partial charge in [0.2, 0.25) is 0 Å². The first-order valence-corrected chi connectivity index (χ1v) is 20.9. The third-order valence-corrected chi connectivity index (χ3v) is 9.28. The average Bonchev–Trinajstić information content (AvgIpc) is 3.14. The number of carbonyl (C=O) groups is 2. The van der Waals surface area contributed by atoms with Crippen molar-refractivity contribution >= 4 is 11.9 Å². The molecule has 0 amide bonds. The van der Waals surface area contributed by atoms with E-state index in [9.17, 15) is 9.59 Å². The maximum absolute atomic E-state index is 12.7. The average molecular weight is 713 g/mol. The van der Waals surface area contributed by atoms with E-state index in [4.69, 9.17) is 18.9 Å². The van der Waals surface area contributed by atoms with Crippen LogP contribution in [-0.4, -0.2) is 38.4 Å². The summed E-state index contributed by atoms with van der Waals surface area (Å²) in [5.74, 6) is 0.295. The Balaban J connectivity index is 2.25. The molecule has 0 saturated carbocycles. The van der Waals surface area contributed by atoms with E-state index < -0.39 is 6.10 Å². The molecule has 0 heterocycles. The Bertz CT molecular complexity index is 985. The summed E-state index contributed by atoms with van der Waals surface area (Å²) in [5.41, 5.74) is 0.992. The molecule has 1 rings (SSSR count). The zero-order chi connectivity index (χ0) is 36.9. The molecular weight excluding hydrogens is 636 g/mol. The Morgan fingerprint density at radius 3 is 1.59 bits per heavy atom. The van der Waals surface area contributed by atoms with Crippen molar-refractivity contribution < 1.29 is 28.5 Å². The molecule has 6 heteroatoms. The highest BCUT2D eigenvalue weighted by atomic mass is 16.6. The lowest BCUT2D eigenvalue weighted by atomic mass is 10.0. The van der Waals surface area contributed by atoms with Crippen LogP contribution in [0.4, 0.5) is 0 Å². The maximum atomic E-state index is 12.7. The van der Waals surface area contributed by atoms with Gasteiger partial charge in [0.15, 0.2) is 6.10 Å². The predicted octanol–water partition coefficient (Wildman–Crippen LogP) is 13.0. The summed E-state index contributed by atoms with van der Waals surface area (Å²) in [5, 5.41) is 0. The van der Waals surface area contributed by atoms with E-state index >= 15 is 0 Å². The summed E-state index contributed by atoms with van der Waals surface area (Å²) in [6.45, 7) is 5.07. The number of rotatable bonds is 36. The van der Waals surface area contributed by atoms with Crippen LogP contribution in [0.3, 0.4) is 0 Å². The van der Waals surface area contributed by atoms with Crippen LogP contribution < -0.4 is 4.74 Å². The molecule has 0 aliphatic rings. The monoisotopic (exact) mass is 713 g/mol. The molecule has 0 N–H and O–H groups in total. The molecule has 0 saturated heterocycles. The third kappa shape index (κ3) is 30.7. The molecule has 0 radical (unpaired) electrons. The van der Waals surface area contributed by atoms with Crippen LogP contribution in [0, 0.1) is 0 Å². The molecule has 0 fully saturated rings. The fourth-order valence-corrected chi connectivity index (χ4v) is 6.02. The van der Waals surface area contributed by atoms with Gasteiger partial charge in [-0.3, -0.25) is 9.59 Å². The van der Waals surface area contributed by atoms with Crippen molar-refractivity contribution in [1.82, 2.24) is 0 Å². The lowest BCUT2D eigenvalue weighted by molar-refractivity contribution is -0.163. The van der Waals surface area contributed by atoms with Crippen molar-refractivity contribution in [3.8, 4) is 5.75 Å². The van der Waals surface area contributed by atoms with Gasteiger partial charge in [0.1, 0.15) is 12.4 Å². The molecule has 1 aromatic rings. The Labute approximate surface area is 313 Å². The quantitative estimate of drug-likeness (QED) is 0.0392. The van der Waals surface area contributed by atoms with Crippen LogP contribution in [0.5, 0.6) is 5.75 Å². The molecule has 0 unspecified atom stereocenters. The predicted molar refractivity (Wildman–Crippen MR) is 213 cm³/mol. The standard InChI is InChI=1S/C45H76O6/c1-4-6-8-10-12-14-16-18-19-21-22-24-26-28-30-32-44(46)50-40-43(39-49-38-41-34-36-42(48-3)37-35-41)51-45(47)33-31-29-27-25-23-20-17-15-13-11-9-7-5-2/h12,14,18-19,34-37,43H,4-11,13,15-17,20-33,38-40H2,1-3H3/b14-12-,19-18-/t43-/m0/s1. The molecular formula is C45H76O6. The molecule has 292 valence electrons. The SMILES string of the molecule is CCCCC/C=C\C/C=C\CCCCCCCC(=O)OC[C@H](COCc1ccc(OC)cc1)OC(=O)CCCCCCCCCCCCCCC. The first kappa shape index (κ1) is 46.4. The van der Waals surface area contributed by atoms with Crippen LogP contribution in [0.15, 0.2) is 48.6 Å². The zero-order valence-corrected chi connectivity index (χ0v) is 33.2. The van der Waals surface area contributed by atoms with Crippen molar-refractivity contribution in [2.24, 2.45) is 0 Å². The normalized spacial score (nSPS) is 12.1. The molecule has 51 heavy (non-hydrogen) atoms. The maximum Gasteiger partial charge on any atom is 0.306 e. The number of unbranched alkanes of at least 4 members (excludes halogenated alkanes) is 20. The molecule has 0 aromatic heterocycles. The summed E-state index contributed by atoms with van der Waals surface area (Å²) >= 11 is 0. The van der Waals surface area contributed by atoms with Crippen molar-refractivity contribution in [2.75, 3.05) is 20.3 Å². The topological polar surface area (TPSA) is 71.1 Å². The lowest BCUT2D eigenvalue weighted by Gasteiger charge is -2.18. The summed E-state index contributed by atoms with van der Waals surface area (Å²) in [4.78, 5) is 25.2. The van der Waals surface area contributed by atoms with Gasteiger partial charge in [-0.1, -0.05) is 159 Å². The van der Waals surface area contributed by atoms with Crippen LogP contribution in [0.25, 0.3) is 0 Å². The van der Waals surface area contributed by atoms with E-state index in [1.165, 1.54) is 103 Å². The molecule has 0 spiro atoms. The molecule has 1 aromatic carbocycles. The van der Waals surface area contributed by atoms with Crippen LogP contribution in [0.2, 0.25) is 0 Å². The van der Waals surface area contributed by atoms with Crippen molar-refractivity contribution in [3.05, 3.63) is 54.1 Å². The summed E-state index contributed by atoms with van der Waals surface area (Å²) in [6.07, 6.45) is 38.2. The number of hydrogen-bond acceptors (Lipinski definition) is 6. The fourth-order valence-electron chi connectivity index (χ4n) is 6.02. The Hall–Kier alpha value is -2.60. The van der Waals surface area contributed by atoms with E-state index in [0.717, 1.165) is 62.7 Å². The minimum absolute atomic E-state index is 0.0199. The molecule has 6 nitrogen and oxygen atoms in total. The molecule has 0 aliphatic carbocycles. The van der Waals surface area contributed by atoms with Crippen LogP contribution >= 0.6 is 0 Å². The summed E-state index contributed by atoms with van der Waals surface area (Å²) < 4.78 is 22.4. The van der Waals surface area contributed by atoms with Gasteiger partial charge in [-0.05, 0) is 62.6 Å². The van der Waals surface area contributed by atoms with Gasteiger partial charge in [-0.25, -0.2) is 0 Å². The molecule has 0 bridgehead atoms. The minimum Gasteiger partial charge on any atom is -0.497 e. The Morgan fingerprint density at radius 2 is 1.04 bits per heavy atom. The first-order chi connectivity index (χ1) is 25.1. The highest BCUT2D eigenvalue weighted by Gasteiger charge is 2.18. The first-order valence-electron chi connectivity index (χ1n) is 20.9. The summed E-state index contributed by atoms with van der Waals surface area (Å²) in [6, 6.07) is 7.67. The highest BCUT2D eigenvalue weighted by Crippen LogP contribution is 2.15. The van der Waals surface area contributed by atoms with Crippen molar-refractivity contribution in [3.63, 3.8) is 0 Å². The van der Waals surface area contributed by atoms with Gasteiger partial charge in [0, 0.05) is 12.8 Å². The van der Waals surface area contributed by atoms with Gasteiger partial charge < -0.3 is 18.9 Å². The number of ether oxygens (including phenoxy) is 4. The van der Waals surface area contributed by atoms with Crippen LogP contribution in [-0.2, 0) is 30.4 Å². The van der Waals surface area contributed by atoms with E-state index in [0.29, 0.717) is 19.4 Å². The van der Waals surface area contributed by atoms with E-state index in [1.54, 1.807) is 7.11 Å². The Kier molecular flexibility index (Phi) is 32.6. The largest absolute Gasteiger partial charge is 0.497 e. The fraction of sp³-hybridized carbons (Fsp3) is 0.733. The number of esters is 2. The third-order valence-electron chi connectivity index (χ3n) is 9.28. The van der Waals surface area contributed by atoms with Gasteiger partial charge in [0.05, 0.1) is 20.3 Å². The zero-order valence-electron chi connectivity index (χ0n) is 33.2. The second-order valence-electron chi connectivity index (χ2n) is 14.1. The van der Waals surface area contributed by atoms with E-state index in [2.05, 4.69) is 38.2 Å². The minimum atomic E-state index is -0.619. The van der Waals surface area contributed by atoms with Gasteiger partial charge in [-0.2, -0.15) is 0 Å². The molecule has 0 aliphatic heterocycles. The second-order valence-corrected chi connectivity index (χ2v) is 14.1. The second kappa shape index (κ2) is 35.8. The lowest BCUT2D eigenvalue weighted by Crippen LogP contribution is -2.29. The number of methoxy groups -OCH3 is 1. The number of hydrogen-bond donors (Lipinski definition) is 0. The molecule has 1 atom stereocenters. The van der Waals surface area contributed by atoms with E-state index in [-0.39, 0.29) is 25.2 Å². The van der Waals surface area contributed by atoms with E-state index in [1.807, 2.05) is 24.3 Å². The van der Waals surface area contributed by atoms with Crippen molar-refractivity contribution in [1.29, 1.82) is 0 Å². The van der Waals surface area contributed by atoms with Gasteiger partial charge in [-0.15, -0.1) is 0 Å². The number of carbonyl (C=O) groups excluding carboxylic acids is 2.